The van der Waals surface area contributed by atoms with Crippen LogP contribution in [0, 0.1) is 0 Å². The molecule has 0 saturated heterocycles. The second-order valence-electron chi connectivity index (χ2n) is 3.95. The van der Waals surface area contributed by atoms with Gasteiger partial charge in [-0.25, -0.2) is 4.79 Å². The highest BCUT2D eigenvalue weighted by Crippen LogP contribution is 2.06. The molecule has 3 nitrogen and oxygen atoms in total. The van der Waals surface area contributed by atoms with Crippen molar-refractivity contribution in [3.63, 3.8) is 0 Å². The Hall–Kier alpha value is -0.830. The Kier molecular flexibility index (Phi) is 10.1. The number of hydrogen-bond acceptors (Lipinski definition) is 3. The van der Waals surface area contributed by atoms with E-state index in [2.05, 4.69) is 6.92 Å². The van der Waals surface area contributed by atoms with Crippen LogP contribution >= 0.6 is 0 Å². The van der Waals surface area contributed by atoms with Gasteiger partial charge in [-0.15, -0.1) is 0 Å². The zero-order chi connectivity index (χ0) is 12.2. The van der Waals surface area contributed by atoms with Crippen LogP contribution in [0.25, 0.3) is 0 Å². The zero-order valence-corrected chi connectivity index (χ0v) is 10.5. The summed E-state index contributed by atoms with van der Waals surface area (Å²) >= 11 is 0. The molecule has 0 aliphatic carbocycles. The number of carbonyl (C=O) groups excluding carboxylic acids is 1. The Bertz CT molecular complexity index is 209. The predicted molar refractivity (Wildman–Crippen MR) is 65.2 cm³/mol. The molecule has 1 N–H and O–H groups in total. The van der Waals surface area contributed by atoms with Crippen LogP contribution in [0.15, 0.2) is 11.6 Å². The van der Waals surface area contributed by atoms with Crippen molar-refractivity contribution in [2.24, 2.45) is 0 Å². The van der Waals surface area contributed by atoms with E-state index in [1.165, 1.54) is 19.3 Å². The fourth-order valence-corrected chi connectivity index (χ4v) is 1.32. The number of unbranched alkanes of at least 4 members (excludes halogenated alkanes) is 4. The van der Waals surface area contributed by atoms with Crippen molar-refractivity contribution >= 4 is 5.97 Å². The molecule has 94 valence electrons. The van der Waals surface area contributed by atoms with Crippen LogP contribution in [0.1, 0.15) is 52.4 Å². The lowest BCUT2D eigenvalue weighted by molar-refractivity contribution is -0.139. The van der Waals surface area contributed by atoms with Crippen molar-refractivity contribution in [1.29, 1.82) is 0 Å². The second kappa shape index (κ2) is 10.7. The Balaban J connectivity index is 3.62. The Morgan fingerprint density at radius 1 is 1.25 bits per heavy atom. The molecular formula is C13H24O3. The van der Waals surface area contributed by atoms with E-state index >= 15 is 0 Å². The predicted octanol–water partition coefficient (Wildman–Crippen LogP) is 2.83. The van der Waals surface area contributed by atoms with Crippen molar-refractivity contribution in [3.05, 3.63) is 11.6 Å². The van der Waals surface area contributed by atoms with E-state index in [9.17, 15) is 4.79 Å². The fraction of sp³-hybridized carbons (Fsp3) is 0.769. The molecule has 0 atom stereocenters. The monoisotopic (exact) mass is 228 g/mol. The summed E-state index contributed by atoms with van der Waals surface area (Å²) in [5.74, 6) is -0.260. The van der Waals surface area contributed by atoms with E-state index in [1.807, 2.05) is 6.08 Å². The van der Waals surface area contributed by atoms with Crippen LogP contribution in [-0.2, 0) is 9.53 Å². The minimum Gasteiger partial charge on any atom is -0.462 e. The van der Waals surface area contributed by atoms with Crippen molar-refractivity contribution in [2.75, 3.05) is 13.2 Å². The number of ether oxygens (including phenoxy) is 1. The normalized spacial score (nSPS) is 11.6. The molecule has 0 heterocycles. The maximum atomic E-state index is 11.4. The third-order valence-electron chi connectivity index (χ3n) is 2.37. The molecule has 0 aliphatic rings. The average molecular weight is 228 g/mol. The number of allylic oxidation sites excluding steroid dienone is 1. The first kappa shape index (κ1) is 15.2. The zero-order valence-electron chi connectivity index (χ0n) is 10.5. The van der Waals surface area contributed by atoms with Gasteiger partial charge in [0.2, 0.25) is 0 Å². The summed E-state index contributed by atoms with van der Waals surface area (Å²) in [5, 5.41) is 8.54. The molecule has 0 aromatic rings. The van der Waals surface area contributed by atoms with Gasteiger partial charge in [-0.05, 0) is 19.8 Å². The number of rotatable bonds is 9. The molecule has 0 unspecified atom stereocenters. The Labute approximate surface area is 98.5 Å². The number of carbonyl (C=O) groups is 1. The quantitative estimate of drug-likeness (QED) is 0.375. The van der Waals surface area contributed by atoms with Crippen LogP contribution < -0.4 is 0 Å². The third kappa shape index (κ3) is 8.48. The molecule has 0 saturated carbocycles. The summed E-state index contributed by atoms with van der Waals surface area (Å²) < 4.78 is 4.96. The maximum Gasteiger partial charge on any atom is 0.333 e. The Morgan fingerprint density at radius 3 is 2.62 bits per heavy atom. The molecule has 0 fully saturated rings. The molecule has 0 spiro atoms. The van der Waals surface area contributed by atoms with E-state index < -0.39 is 0 Å². The van der Waals surface area contributed by atoms with Gasteiger partial charge in [0.25, 0.3) is 0 Å². The molecule has 0 aliphatic heterocycles. The van der Waals surface area contributed by atoms with Gasteiger partial charge in [-0.1, -0.05) is 32.3 Å². The van der Waals surface area contributed by atoms with Gasteiger partial charge in [0.15, 0.2) is 0 Å². The van der Waals surface area contributed by atoms with E-state index in [1.54, 1.807) is 6.92 Å². The maximum absolute atomic E-state index is 11.4. The summed E-state index contributed by atoms with van der Waals surface area (Å²) in [7, 11) is 0. The summed E-state index contributed by atoms with van der Waals surface area (Å²) in [6.45, 7) is 4.32. The first-order valence-corrected chi connectivity index (χ1v) is 6.17. The first-order valence-electron chi connectivity index (χ1n) is 6.17. The lowest BCUT2D eigenvalue weighted by Crippen LogP contribution is -2.08. The van der Waals surface area contributed by atoms with Gasteiger partial charge in [0.1, 0.15) is 0 Å². The fourth-order valence-electron chi connectivity index (χ4n) is 1.32. The summed E-state index contributed by atoms with van der Waals surface area (Å²) in [6, 6.07) is 0. The molecule has 0 radical (unpaired) electrons. The molecule has 0 amide bonds. The largest absolute Gasteiger partial charge is 0.462 e. The topological polar surface area (TPSA) is 46.5 Å². The number of aliphatic hydroxyl groups excluding tert-OH is 1. The third-order valence-corrected chi connectivity index (χ3v) is 2.37. The Morgan fingerprint density at radius 2 is 2.00 bits per heavy atom. The molecule has 0 aromatic carbocycles. The smallest absolute Gasteiger partial charge is 0.333 e. The van der Waals surface area contributed by atoms with Gasteiger partial charge < -0.3 is 9.84 Å². The number of esters is 1. The van der Waals surface area contributed by atoms with Gasteiger partial charge in [0.05, 0.1) is 6.61 Å². The number of hydrogen-bond donors (Lipinski definition) is 1. The number of aliphatic hydroxyl groups is 1. The molecule has 0 aromatic heterocycles. The summed E-state index contributed by atoms with van der Waals surface area (Å²) in [4.78, 5) is 11.4. The van der Waals surface area contributed by atoms with Crippen LogP contribution in [0.5, 0.6) is 0 Å². The van der Waals surface area contributed by atoms with Crippen molar-refractivity contribution in [2.45, 2.75) is 52.4 Å². The van der Waals surface area contributed by atoms with E-state index in [0.717, 1.165) is 12.8 Å². The first-order chi connectivity index (χ1) is 7.72. The molecule has 16 heavy (non-hydrogen) atoms. The highest BCUT2D eigenvalue weighted by atomic mass is 16.5. The van der Waals surface area contributed by atoms with Gasteiger partial charge in [-0.2, -0.15) is 0 Å². The second-order valence-corrected chi connectivity index (χ2v) is 3.95. The SMILES string of the molecule is CCCCCCC=C(C)C(=O)OCCCO. The minimum atomic E-state index is -0.260. The van der Waals surface area contributed by atoms with Gasteiger partial charge in [-0.3, -0.25) is 0 Å². The van der Waals surface area contributed by atoms with Crippen molar-refractivity contribution < 1.29 is 14.6 Å². The van der Waals surface area contributed by atoms with E-state index in [0.29, 0.717) is 18.6 Å². The van der Waals surface area contributed by atoms with Crippen LogP contribution in [0.2, 0.25) is 0 Å². The minimum absolute atomic E-state index is 0.0626. The van der Waals surface area contributed by atoms with Crippen molar-refractivity contribution in [1.82, 2.24) is 0 Å². The standard InChI is InChI=1S/C13H24O3/c1-3-4-5-6-7-9-12(2)13(15)16-11-8-10-14/h9,14H,3-8,10-11H2,1-2H3. The van der Waals surface area contributed by atoms with E-state index in [-0.39, 0.29) is 12.6 Å². The molecular weight excluding hydrogens is 204 g/mol. The lowest BCUT2D eigenvalue weighted by Gasteiger charge is -2.03. The molecule has 3 heteroatoms. The van der Waals surface area contributed by atoms with Crippen LogP contribution in [-0.4, -0.2) is 24.3 Å². The van der Waals surface area contributed by atoms with Crippen molar-refractivity contribution in [3.8, 4) is 0 Å². The molecule has 0 bridgehead atoms. The lowest BCUT2D eigenvalue weighted by atomic mass is 10.1. The highest BCUT2D eigenvalue weighted by Gasteiger charge is 2.04. The highest BCUT2D eigenvalue weighted by molar-refractivity contribution is 5.87. The molecule has 0 rings (SSSR count). The van der Waals surface area contributed by atoms with Gasteiger partial charge >= 0.3 is 5.97 Å². The van der Waals surface area contributed by atoms with E-state index in [4.69, 9.17) is 9.84 Å². The van der Waals surface area contributed by atoms with Crippen LogP contribution in [0.3, 0.4) is 0 Å². The summed E-state index contributed by atoms with van der Waals surface area (Å²) in [5.41, 5.74) is 0.675. The van der Waals surface area contributed by atoms with Gasteiger partial charge in [0, 0.05) is 18.6 Å². The summed E-state index contributed by atoms with van der Waals surface area (Å²) in [6.07, 6.45) is 8.24. The van der Waals surface area contributed by atoms with Crippen LogP contribution in [0.4, 0.5) is 0 Å². The average Bonchev–Trinajstić information content (AvgIpc) is 2.28.